The fraction of sp³-hybridized carbons (Fsp3) is 0.364. The van der Waals surface area contributed by atoms with Crippen LogP contribution < -0.4 is 10.5 Å². The normalized spacial score (nSPS) is 17.1. The van der Waals surface area contributed by atoms with Gasteiger partial charge in [0.2, 0.25) is 5.91 Å². The average molecular weight is 285 g/mol. The van der Waals surface area contributed by atoms with Crippen molar-refractivity contribution in [2.24, 2.45) is 5.73 Å². The van der Waals surface area contributed by atoms with Gasteiger partial charge in [-0.25, -0.2) is 0 Å². The third kappa shape index (κ3) is 3.43. The van der Waals surface area contributed by atoms with Crippen LogP contribution in [0, 0.1) is 0 Å². The van der Waals surface area contributed by atoms with Gasteiger partial charge >= 0.3 is 10.2 Å². The molecule has 1 amide bonds. The molecule has 1 aromatic rings. The van der Waals surface area contributed by atoms with Crippen molar-refractivity contribution in [1.82, 2.24) is 4.31 Å². The van der Waals surface area contributed by atoms with E-state index in [1.165, 1.54) is 28.6 Å². The first-order valence-electron chi connectivity index (χ1n) is 5.74. The van der Waals surface area contributed by atoms with Crippen LogP contribution >= 0.6 is 0 Å². The molecular weight excluding hydrogens is 270 g/mol. The van der Waals surface area contributed by atoms with Gasteiger partial charge in [0.1, 0.15) is 0 Å². The summed E-state index contributed by atoms with van der Waals surface area (Å²) < 4.78 is 32.9. The zero-order valence-electron chi connectivity index (χ0n) is 10.2. The minimum Gasteiger partial charge on any atom is -0.379 e. The van der Waals surface area contributed by atoms with E-state index >= 15 is 0 Å². The van der Waals surface area contributed by atoms with Gasteiger partial charge in [-0.15, -0.1) is 0 Å². The van der Waals surface area contributed by atoms with Gasteiger partial charge in [-0.05, 0) is 24.3 Å². The predicted molar refractivity (Wildman–Crippen MR) is 69.9 cm³/mol. The number of rotatable bonds is 4. The molecule has 7 nitrogen and oxygen atoms in total. The Morgan fingerprint density at radius 1 is 1.21 bits per heavy atom. The van der Waals surface area contributed by atoms with Crippen molar-refractivity contribution < 1.29 is 17.9 Å². The van der Waals surface area contributed by atoms with Crippen LogP contribution in [0.15, 0.2) is 24.3 Å². The maximum Gasteiger partial charge on any atom is 0.301 e. The molecule has 0 aliphatic carbocycles. The molecule has 1 aliphatic heterocycles. The number of benzene rings is 1. The number of nitrogens with one attached hydrogen (secondary N) is 1. The molecule has 8 heteroatoms. The van der Waals surface area contributed by atoms with E-state index in [4.69, 9.17) is 10.5 Å². The van der Waals surface area contributed by atoms with Crippen LogP contribution in [0.4, 0.5) is 5.69 Å². The lowest BCUT2D eigenvalue weighted by molar-refractivity contribution is 0.0733. The lowest BCUT2D eigenvalue weighted by Crippen LogP contribution is -2.43. The van der Waals surface area contributed by atoms with Gasteiger partial charge in [-0.3, -0.25) is 9.52 Å². The second-order valence-electron chi connectivity index (χ2n) is 4.06. The molecule has 1 fully saturated rings. The SMILES string of the molecule is NC(=O)c1ccc(NS(=O)(=O)N2CCOCC2)cc1. The first kappa shape index (κ1) is 13.8. The predicted octanol–water partition coefficient (Wildman–Crippen LogP) is -0.226. The molecule has 3 N–H and O–H groups in total. The molecule has 0 radical (unpaired) electrons. The molecule has 0 aromatic heterocycles. The Labute approximate surface area is 111 Å². The van der Waals surface area contributed by atoms with Gasteiger partial charge < -0.3 is 10.5 Å². The van der Waals surface area contributed by atoms with Crippen LogP contribution in [0.2, 0.25) is 0 Å². The van der Waals surface area contributed by atoms with Gasteiger partial charge in [0.25, 0.3) is 0 Å². The Morgan fingerprint density at radius 2 is 1.79 bits per heavy atom. The van der Waals surface area contributed by atoms with E-state index in [2.05, 4.69) is 4.72 Å². The molecule has 1 aromatic carbocycles. The van der Waals surface area contributed by atoms with Crippen LogP contribution in [-0.4, -0.2) is 44.9 Å². The summed E-state index contributed by atoms with van der Waals surface area (Å²) in [5, 5.41) is 0. The Morgan fingerprint density at radius 3 is 2.32 bits per heavy atom. The Balaban J connectivity index is 2.09. The number of nitrogens with two attached hydrogens (primary N) is 1. The van der Waals surface area contributed by atoms with Crippen LogP contribution in [0.5, 0.6) is 0 Å². The van der Waals surface area contributed by atoms with E-state index < -0.39 is 16.1 Å². The van der Waals surface area contributed by atoms with Gasteiger partial charge in [0.05, 0.1) is 13.2 Å². The Hall–Kier alpha value is -1.64. The first-order chi connectivity index (χ1) is 8.99. The lowest BCUT2D eigenvalue weighted by atomic mass is 10.2. The number of ether oxygens (including phenoxy) is 1. The molecule has 0 unspecified atom stereocenters. The topological polar surface area (TPSA) is 102 Å². The number of hydrogen-bond donors (Lipinski definition) is 2. The van der Waals surface area contributed by atoms with Gasteiger partial charge in [-0.1, -0.05) is 0 Å². The van der Waals surface area contributed by atoms with Crippen molar-refractivity contribution in [1.29, 1.82) is 0 Å². The summed E-state index contributed by atoms with van der Waals surface area (Å²) in [5.74, 6) is -0.553. The molecule has 19 heavy (non-hydrogen) atoms. The number of primary amides is 1. The molecule has 1 heterocycles. The third-order valence-electron chi connectivity index (χ3n) is 2.73. The highest BCUT2D eigenvalue weighted by Crippen LogP contribution is 2.14. The van der Waals surface area contributed by atoms with Gasteiger partial charge in [0, 0.05) is 24.3 Å². The number of morpholine rings is 1. The molecule has 1 saturated heterocycles. The summed E-state index contributed by atoms with van der Waals surface area (Å²) in [6, 6.07) is 5.94. The highest BCUT2D eigenvalue weighted by atomic mass is 32.2. The first-order valence-corrected chi connectivity index (χ1v) is 7.18. The average Bonchev–Trinajstić information content (AvgIpc) is 2.40. The molecule has 0 spiro atoms. The van der Waals surface area contributed by atoms with Crippen LogP contribution in [0.25, 0.3) is 0 Å². The van der Waals surface area contributed by atoms with E-state index in [1.807, 2.05) is 0 Å². The third-order valence-corrected chi connectivity index (χ3v) is 4.26. The van der Waals surface area contributed by atoms with E-state index in [-0.39, 0.29) is 0 Å². The zero-order valence-corrected chi connectivity index (χ0v) is 11.0. The van der Waals surface area contributed by atoms with E-state index in [1.54, 1.807) is 0 Å². The van der Waals surface area contributed by atoms with Crippen molar-refractivity contribution in [3.05, 3.63) is 29.8 Å². The molecule has 2 rings (SSSR count). The van der Waals surface area contributed by atoms with E-state index in [0.29, 0.717) is 37.6 Å². The highest BCUT2D eigenvalue weighted by molar-refractivity contribution is 7.90. The van der Waals surface area contributed by atoms with Crippen molar-refractivity contribution in [2.45, 2.75) is 0 Å². The number of carbonyl (C=O) groups is 1. The van der Waals surface area contributed by atoms with Crippen LogP contribution in [0.3, 0.4) is 0 Å². The smallest absolute Gasteiger partial charge is 0.301 e. The van der Waals surface area contributed by atoms with Crippen molar-refractivity contribution in [2.75, 3.05) is 31.0 Å². The van der Waals surface area contributed by atoms with Gasteiger partial charge in [-0.2, -0.15) is 12.7 Å². The van der Waals surface area contributed by atoms with E-state index in [0.717, 1.165) is 0 Å². The van der Waals surface area contributed by atoms with E-state index in [9.17, 15) is 13.2 Å². The Bertz CT molecular complexity index is 550. The molecule has 1 aliphatic rings. The van der Waals surface area contributed by atoms with Gasteiger partial charge in [0.15, 0.2) is 0 Å². The quantitative estimate of drug-likeness (QED) is 0.798. The van der Waals surface area contributed by atoms with Crippen molar-refractivity contribution in [3.63, 3.8) is 0 Å². The second kappa shape index (κ2) is 5.55. The standard InChI is InChI=1S/C11H15N3O4S/c12-11(15)9-1-3-10(4-2-9)13-19(16,17)14-5-7-18-8-6-14/h1-4,13H,5-8H2,(H2,12,15). The highest BCUT2D eigenvalue weighted by Gasteiger charge is 2.24. The maximum atomic E-state index is 12.0. The summed E-state index contributed by atoms with van der Waals surface area (Å²) in [6.45, 7) is 1.44. The van der Waals surface area contributed by atoms with Crippen molar-refractivity contribution in [3.8, 4) is 0 Å². The summed E-state index contributed by atoms with van der Waals surface area (Å²) in [5.41, 5.74) is 5.82. The minimum absolute atomic E-state index is 0.328. The molecule has 104 valence electrons. The number of amides is 1. The summed E-state index contributed by atoms with van der Waals surface area (Å²) >= 11 is 0. The summed E-state index contributed by atoms with van der Waals surface area (Å²) in [6.07, 6.45) is 0. The number of hydrogen-bond acceptors (Lipinski definition) is 4. The molecule has 0 atom stereocenters. The summed E-state index contributed by atoms with van der Waals surface area (Å²) in [4.78, 5) is 10.9. The maximum absolute atomic E-state index is 12.0. The fourth-order valence-electron chi connectivity index (χ4n) is 1.70. The summed E-state index contributed by atoms with van der Waals surface area (Å²) in [7, 11) is -3.58. The largest absolute Gasteiger partial charge is 0.379 e. The minimum atomic E-state index is -3.58. The monoisotopic (exact) mass is 285 g/mol. The molecule has 0 saturated carbocycles. The zero-order chi connectivity index (χ0) is 13.9. The number of carbonyl (C=O) groups excluding carboxylic acids is 1. The molecule has 0 bridgehead atoms. The van der Waals surface area contributed by atoms with Crippen LogP contribution in [0.1, 0.15) is 10.4 Å². The van der Waals surface area contributed by atoms with Crippen molar-refractivity contribution >= 4 is 21.8 Å². The fourth-order valence-corrected chi connectivity index (χ4v) is 2.90. The molecular formula is C11H15N3O4S. The number of anilines is 1. The Kier molecular flexibility index (Phi) is 4.03. The lowest BCUT2D eigenvalue weighted by Gasteiger charge is -2.26. The number of nitrogens with zero attached hydrogens (tertiary/aromatic N) is 1. The second-order valence-corrected chi connectivity index (χ2v) is 5.73. The van der Waals surface area contributed by atoms with Crippen LogP contribution in [-0.2, 0) is 14.9 Å².